The van der Waals surface area contributed by atoms with Crippen molar-refractivity contribution in [2.75, 3.05) is 18.6 Å². The molecular formula is C10H18N2O4S. The van der Waals surface area contributed by atoms with Crippen LogP contribution >= 0.6 is 0 Å². The lowest BCUT2D eigenvalue weighted by Crippen LogP contribution is -2.47. The molecule has 0 aliphatic carbocycles. The Bertz CT molecular complexity index is 432. The van der Waals surface area contributed by atoms with Crippen LogP contribution in [0.15, 0.2) is 0 Å². The third-order valence-corrected chi connectivity index (χ3v) is 4.17. The van der Waals surface area contributed by atoms with Gasteiger partial charge in [-0.2, -0.15) is 0 Å². The number of hydrogen-bond donors (Lipinski definition) is 1. The molecule has 0 aromatic carbocycles. The Kier molecular flexibility index (Phi) is 3.81. The van der Waals surface area contributed by atoms with Gasteiger partial charge in [0.2, 0.25) is 0 Å². The highest BCUT2D eigenvalue weighted by Crippen LogP contribution is 2.25. The van der Waals surface area contributed by atoms with Gasteiger partial charge in [0.15, 0.2) is 0 Å². The lowest BCUT2D eigenvalue weighted by atomic mass is 9.97. The van der Waals surface area contributed by atoms with Crippen LogP contribution < -0.4 is 5.32 Å². The Labute approximate surface area is 101 Å². The Balaban J connectivity index is 2.69. The van der Waals surface area contributed by atoms with E-state index >= 15 is 0 Å². The number of hydrogen-bond acceptors (Lipinski definition) is 4. The molecule has 6 nitrogen and oxygen atoms in total. The number of nitrogens with zero attached hydrogens (tertiary/aromatic N) is 1. The van der Waals surface area contributed by atoms with Crippen molar-refractivity contribution in [3.63, 3.8) is 0 Å². The van der Waals surface area contributed by atoms with Crippen molar-refractivity contribution in [1.29, 1.82) is 0 Å². The summed E-state index contributed by atoms with van der Waals surface area (Å²) < 4.78 is 22.0. The van der Waals surface area contributed by atoms with Gasteiger partial charge in [0.05, 0.1) is 5.75 Å². The van der Waals surface area contributed by atoms with Gasteiger partial charge >= 0.3 is 6.03 Å². The summed E-state index contributed by atoms with van der Waals surface area (Å²) in [5.41, 5.74) is -0.853. The van der Waals surface area contributed by atoms with Crippen molar-refractivity contribution < 1.29 is 18.0 Å². The summed E-state index contributed by atoms with van der Waals surface area (Å²) in [5.74, 6) is -0.297. The largest absolute Gasteiger partial charge is 0.325 e. The second kappa shape index (κ2) is 4.64. The Hall–Kier alpha value is -1.11. The fraction of sp³-hybridized carbons (Fsp3) is 0.800. The first-order valence-electron chi connectivity index (χ1n) is 5.51. The van der Waals surface area contributed by atoms with Crippen molar-refractivity contribution in [1.82, 2.24) is 10.2 Å². The minimum Gasteiger partial charge on any atom is -0.310 e. The molecule has 1 heterocycles. The normalized spacial score (nSPS) is 25.2. The molecule has 0 radical (unpaired) electrons. The molecule has 0 spiro atoms. The number of sulfone groups is 1. The lowest BCUT2D eigenvalue weighted by molar-refractivity contribution is -0.126. The van der Waals surface area contributed by atoms with Gasteiger partial charge in [-0.1, -0.05) is 6.92 Å². The third kappa shape index (κ3) is 2.96. The molecule has 1 atom stereocenters. The number of amides is 3. The molecule has 0 saturated carbocycles. The Morgan fingerprint density at radius 2 is 1.94 bits per heavy atom. The van der Waals surface area contributed by atoms with E-state index in [2.05, 4.69) is 5.32 Å². The summed E-state index contributed by atoms with van der Waals surface area (Å²) in [5, 5.41) is 2.25. The highest BCUT2D eigenvalue weighted by molar-refractivity contribution is 7.90. The number of imide groups is 1. The highest BCUT2D eigenvalue weighted by Gasteiger charge is 2.47. The number of urea groups is 1. The van der Waals surface area contributed by atoms with Crippen LogP contribution in [0.3, 0.4) is 0 Å². The zero-order chi connectivity index (χ0) is 13.3. The molecule has 1 unspecified atom stereocenters. The summed E-state index contributed by atoms with van der Waals surface area (Å²) in [6.07, 6.45) is 2.00. The van der Waals surface area contributed by atoms with Gasteiger partial charge in [-0.05, 0) is 19.8 Å². The fourth-order valence-corrected chi connectivity index (χ4v) is 2.48. The summed E-state index contributed by atoms with van der Waals surface area (Å²) in [6.45, 7) is 3.78. The molecule has 0 aromatic heterocycles. The first kappa shape index (κ1) is 14.0. The van der Waals surface area contributed by atoms with E-state index in [4.69, 9.17) is 0 Å². The van der Waals surface area contributed by atoms with Crippen LogP contribution in [0.2, 0.25) is 0 Å². The Morgan fingerprint density at radius 1 is 1.35 bits per heavy atom. The molecule has 0 bridgehead atoms. The molecule has 1 rings (SSSR count). The maximum Gasteiger partial charge on any atom is 0.325 e. The molecule has 3 amide bonds. The molecule has 17 heavy (non-hydrogen) atoms. The standard InChI is InChI=1S/C10H18N2O4S/c1-4-10(2)8(13)11-9(14)12(10)6-5-7-17(3,15)16/h4-7H2,1-3H3,(H,11,13,14). The molecule has 7 heteroatoms. The van der Waals surface area contributed by atoms with E-state index in [1.807, 2.05) is 6.92 Å². The van der Waals surface area contributed by atoms with Crippen LogP contribution in [0.1, 0.15) is 26.7 Å². The second-order valence-electron chi connectivity index (χ2n) is 4.52. The Morgan fingerprint density at radius 3 is 2.41 bits per heavy atom. The van der Waals surface area contributed by atoms with Crippen molar-refractivity contribution in [3.8, 4) is 0 Å². The van der Waals surface area contributed by atoms with Gasteiger partial charge in [-0.25, -0.2) is 13.2 Å². The van der Waals surface area contributed by atoms with Crippen LogP contribution in [0, 0.1) is 0 Å². The summed E-state index contributed by atoms with van der Waals surface area (Å²) >= 11 is 0. The molecule has 1 fully saturated rings. The van der Waals surface area contributed by atoms with E-state index in [0.717, 1.165) is 6.26 Å². The SMILES string of the molecule is CCC1(C)C(=O)NC(=O)N1CCCS(C)(=O)=O. The molecule has 1 saturated heterocycles. The van der Waals surface area contributed by atoms with Crippen molar-refractivity contribution in [2.45, 2.75) is 32.2 Å². The maximum atomic E-state index is 11.6. The monoisotopic (exact) mass is 262 g/mol. The van der Waals surface area contributed by atoms with Gasteiger partial charge < -0.3 is 4.90 Å². The number of rotatable bonds is 5. The van der Waals surface area contributed by atoms with E-state index < -0.39 is 21.4 Å². The van der Waals surface area contributed by atoms with Crippen LogP contribution in [-0.2, 0) is 14.6 Å². The first-order valence-corrected chi connectivity index (χ1v) is 7.57. The van der Waals surface area contributed by atoms with E-state index in [-0.39, 0.29) is 18.2 Å². The van der Waals surface area contributed by atoms with Gasteiger partial charge in [0.25, 0.3) is 5.91 Å². The lowest BCUT2D eigenvalue weighted by Gasteiger charge is -2.30. The minimum absolute atomic E-state index is 0.0186. The van der Waals surface area contributed by atoms with Crippen LogP contribution in [0.4, 0.5) is 4.79 Å². The number of carbonyl (C=O) groups excluding carboxylic acids is 2. The molecule has 1 N–H and O–H groups in total. The molecule has 98 valence electrons. The quantitative estimate of drug-likeness (QED) is 0.714. The van der Waals surface area contributed by atoms with E-state index in [1.165, 1.54) is 4.90 Å². The zero-order valence-corrected chi connectivity index (χ0v) is 11.1. The third-order valence-electron chi connectivity index (χ3n) is 3.14. The van der Waals surface area contributed by atoms with Gasteiger partial charge in [0.1, 0.15) is 15.4 Å². The summed E-state index contributed by atoms with van der Waals surface area (Å²) in [4.78, 5) is 24.6. The van der Waals surface area contributed by atoms with Crippen LogP contribution in [0.25, 0.3) is 0 Å². The van der Waals surface area contributed by atoms with Gasteiger partial charge in [-0.15, -0.1) is 0 Å². The second-order valence-corrected chi connectivity index (χ2v) is 6.78. The zero-order valence-electron chi connectivity index (χ0n) is 10.3. The first-order chi connectivity index (χ1) is 7.70. The summed E-state index contributed by atoms with van der Waals surface area (Å²) in [6, 6.07) is -0.437. The predicted molar refractivity (Wildman–Crippen MR) is 63.3 cm³/mol. The van der Waals surface area contributed by atoms with Crippen molar-refractivity contribution in [3.05, 3.63) is 0 Å². The fourth-order valence-electron chi connectivity index (χ4n) is 1.83. The van der Waals surface area contributed by atoms with Crippen LogP contribution in [0.5, 0.6) is 0 Å². The average molecular weight is 262 g/mol. The highest BCUT2D eigenvalue weighted by atomic mass is 32.2. The van der Waals surface area contributed by atoms with Gasteiger partial charge in [-0.3, -0.25) is 10.1 Å². The number of nitrogens with one attached hydrogen (secondary N) is 1. The molecule has 1 aliphatic heterocycles. The number of carbonyl (C=O) groups is 2. The average Bonchev–Trinajstić information content (AvgIpc) is 2.40. The molecule has 1 aliphatic rings. The van der Waals surface area contributed by atoms with Gasteiger partial charge in [0, 0.05) is 12.8 Å². The topological polar surface area (TPSA) is 83.6 Å². The summed E-state index contributed by atoms with van der Waals surface area (Å²) in [7, 11) is -3.03. The van der Waals surface area contributed by atoms with Crippen LogP contribution in [-0.4, -0.2) is 49.3 Å². The van der Waals surface area contributed by atoms with E-state index in [0.29, 0.717) is 12.8 Å². The van der Waals surface area contributed by atoms with E-state index in [9.17, 15) is 18.0 Å². The van der Waals surface area contributed by atoms with Crippen molar-refractivity contribution >= 4 is 21.8 Å². The maximum absolute atomic E-state index is 11.6. The molecular weight excluding hydrogens is 244 g/mol. The minimum atomic E-state index is -3.03. The predicted octanol–water partition coefficient (Wildman–Crippen LogP) is 0.142. The van der Waals surface area contributed by atoms with E-state index in [1.54, 1.807) is 6.92 Å². The smallest absolute Gasteiger partial charge is 0.310 e. The van der Waals surface area contributed by atoms with Crippen molar-refractivity contribution in [2.24, 2.45) is 0 Å². The molecule has 0 aromatic rings.